The van der Waals surface area contributed by atoms with Crippen molar-refractivity contribution in [2.45, 2.75) is 72.4 Å². The number of aryl methyl sites for hydroxylation is 1. The lowest BCUT2D eigenvalue weighted by Crippen LogP contribution is -2.21. The predicted octanol–water partition coefficient (Wildman–Crippen LogP) is 6.30. The van der Waals surface area contributed by atoms with Gasteiger partial charge in [-0.05, 0) is 42.8 Å². The molecular formula is C25H36N4. The fourth-order valence-corrected chi connectivity index (χ4v) is 4.06. The van der Waals surface area contributed by atoms with E-state index in [1.807, 2.05) is 12.4 Å². The zero-order valence-electron chi connectivity index (χ0n) is 18.4. The van der Waals surface area contributed by atoms with Crippen LogP contribution in [0.25, 0.3) is 22.0 Å². The Balaban J connectivity index is 1.84. The fraction of sp³-hybridized carbons (Fsp3) is 0.520. The lowest BCUT2D eigenvalue weighted by molar-refractivity contribution is 0.296. The van der Waals surface area contributed by atoms with Gasteiger partial charge in [-0.15, -0.1) is 0 Å². The molecule has 2 heterocycles. The number of hydrogen-bond donors (Lipinski definition) is 0. The molecule has 3 aromatic rings. The first kappa shape index (κ1) is 21.5. The second kappa shape index (κ2) is 11.1. The van der Waals surface area contributed by atoms with Crippen molar-refractivity contribution in [3.05, 3.63) is 48.7 Å². The maximum atomic E-state index is 4.19. The van der Waals surface area contributed by atoms with Gasteiger partial charge in [0.2, 0.25) is 0 Å². The van der Waals surface area contributed by atoms with E-state index >= 15 is 0 Å². The molecule has 29 heavy (non-hydrogen) atoms. The van der Waals surface area contributed by atoms with Crippen LogP contribution in [0.4, 0.5) is 0 Å². The summed E-state index contributed by atoms with van der Waals surface area (Å²) in [7, 11) is 0. The largest absolute Gasteiger partial charge is 0.347 e. The molecule has 0 spiro atoms. The van der Waals surface area contributed by atoms with Crippen LogP contribution >= 0.6 is 0 Å². The zero-order valence-corrected chi connectivity index (χ0v) is 18.4. The highest BCUT2D eigenvalue weighted by molar-refractivity contribution is 5.88. The Kier molecular flexibility index (Phi) is 8.24. The summed E-state index contributed by atoms with van der Waals surface area (Å²) >= 11 is 0. The first-order chi connectivity index (χ1) is 14.3. The van der Waals surface area contributed by atoms with Gasteiger partial charge in [-0.3, -0.25) is 4.90 Å². The molecule has 0 saturated carbocycles. The molecule has 156 valence electrons. The van der Waals surface area contributed by atoms with Crippen molar-refractivity contribution in [1.29, 1.82) is 0 Å². The third kappa shape index (κ3) is 5.66. The summed E-state index contributed by atoms with van der Waals surface area (Å²) in [6.45, 7) is 11.0. The second-order valence-electron chi connectivity index (χ2n) is 7.94. The summed E-state index contributed by atoms with van der Waals surface area (Å²) in [5, 5.41) is 1.37. The molecule has 0 unspecified atom stereocenters. The molecule has 2 aromatic heterocycles. The highest BCUT2D eigenvalue weighted by Gasteiger charge is 2.12. The zero-order chi connectivity index (χ0) is 20.5. The van der Waals surface area contributed by atoms with E-state index < -0.39 is 0 Å². The molecule has 4 heteroatoms. The highest BCUT2D eigenvalue weighted by Crippen LogP contribution is 2.29. The van der Waals surface area contributed by atoms with Gasteiger partial charge in [-0.1, -0.05) is 58.9 Å². The van der Waals surface area contributed by atoms with Crippen LogP contribution < -0.4 is 0 Å². The van der Waals surface area contributed by atoms with E-state index in [4.69, 9.17) is 0 Å². The van der Waals surface area contributed by atoms with Crippen molar-refractivity contribution in [1.82, 2.24) is 19.4 Å². The molecule has 3 rings (SSSR count). The number of nitrogens with zero attached hydrogens (tertiary/aromatic N) is 4. The van der Waals surface area contributed by atoms with Gasteiger partial charge in [0.05, 0.1) is 0 Å². The van der Waals surface area contributed by atoms with Crippen molar-refractivity contribution in [3.63, 3.8) is 0 Å². The van der Waals surface area contributed by atoms with Gasteiger partial charge in [0.25, 0.3) is 0 Å². The van der Waals surface area contributed by atoms with Crippen LogP contribution in [0.5, 0.6) is 0 Å². The van der Waals surface area contributed by atoms with Crippen molar-refractivity contribution in [2.24, 2.45) is 0 Å². The van der Waals surface area contributed by atoms with E-state index in [-0.39, 0.29) is 0 Å². The molecule has 0 aliphatic heterocycles. The Bertz CT molecular complexity index is 865. The van der Waals surface area contributed by atoms with Crippen molar-refractivity contribution in [3.8, 4) is 11.1 Å². The molecule has 0 radical (unpaired) electrons. The number of benzene rings is 1. The average molecular weight is 393 g/mol. The van der Waals surface area contributed by atoms with Crippen LogP contribution in [0.2, 0.25) is 0 Å². The van der Waals surface area contributed by atoms with Crippen molar-refractivity contribution < 1.29 is 0 Å². The van der Waals surface area contributed by atoms with Crippen LogP contribution in [0.1, 0.15) is 64.9 Å². The van der Waals surface area contributed by atoms with E-state index in [0.717, 1.165) is 31.7 Å². The number of unbranched alkanes of at least 4 members (excludes halogenated alkanes) is 5. The Morgan fingerprint density at radius 1 is 0.862 bits per heavy atom. The Labute approximate surface area is 176 Å². The van der Waals surface area contributed by atoms with E-state index in [9.17, 15) is 0 Å². The van der Waals surface area contributed by atoms with E-state index in [1.54, 1.807) is 6.33 Å². The molecule has 0 N–H and O–H groups in total. The average Bonchev–Trinajstić information content (AvgIpc) is 3.11. The molecule has 4 nitrogen and oxygen atoms in total. The highest BCUT2D eigenvalue weighted by atomic mass is 15.1. The van der Waals surface area contributed by atoms with Crippen LogP contribution in [-0.4, -0.2) is 32.5 Å². The van der Waals surface area contributed by atoms with Gasteiger partial charge < -0.3 is 4.57 Å². The summed E-state index contributed by atoms with van der Waals surface area (Å²) in [6.07, 6.45) is 15.8. The molecular weight excluding hydrogens is 356 g/mol. The normalized spacial score (nSPS) is 11.6. The third-order valence-electron chi connectivity index (χ3n) is 5.90. The minimum Gasteiger partial charge on any atom is -0.347 e. The SMILES string of the molecule is CCCCCCCCn1cc(CN(CC)CC)c2cc(-c3cncnc3)ccc21. The van der Waals surface area contributed by atoms with E-state index in [1.165, 1.54) is 60.6 Å². The van der Waals surface area contributed by atoms with E-state index in [2.05, 4.69) is 64.6 Å². The Morgan fingerprint density at radius 2 is 1.59 bits per heavy atom. The Hall–Kier alpha value is -2.20. The quantitative estimate of drug-likeness (QED) is 0.339. The summed E-state index contributed by atoms with van der Waals surface area (Å²) in [5.74, 6) is 0. The van der Waals surface area contributed by atoms with Crippen molar-refractivity contribution in [2.75, 3.05) is 13.1 Å². The van der Waals surface area contributed by atoms with Gasteiger partial charge in [-0.2, -0.15) is 0 Å². The predicted molar refractivity (Wildman–Crippen MR) is 123 cm³/mol. The van der Waals surface area contributed by atoms with Gasteiger partial charge in [0.15, 0.2) is 0 Å². The van der Waals surface area contributed by atoms with Crippen LogP contribution in [0, 0.1) is 0 Å². The summed E-state index contributed by atoms with van der Waals surface area (Å²) in [5.41, 5.74) is 5.04. The molecule has 1 aromatic carbocycles. The maximum absolute atomic E-state index is 4.19. The maximum Gasteiger partial charge on any atom is 0.115 e. The van der Waals surface area contributed by atoms with Crippen LogP contribution in [0.15, 0.2) is 43.1 Å². The summed E-state index contributed by atoms with van der Waals surface area (Å²) in [4.78, 5) is 10.9. The topological polar surface area (TPSA) is 34.0 Å². The third-order valence-corrected chi connectivity index (χ3v) is 5.90. The fourth-order valence-electron chi connectivity index (χ4n) is 4.06. The molecule has 0 amide bonds. The Morgan fingerprint density at radius 3 is 2.31 bits per heavy atom. The standard InChI is InChI=1S/C25H36N4/c1-4-7-8-9-10-11-14-29-19-23(18-28(5-2)6-3)24-15-21(12-13-25(24)29)22-16-26-20-27-17-22/h12-13,15-17,19-20H,4-11,14,18H2,1-3H3. The molecule has 0 aliphatic rings. The lowest BCUT2D eigenvalue weighted by atomic mass is 10.0. The minimum absolute atomic E-state index is 1.00. The second-order valence-corrected chi connectivity index (χ2v) is 7.94. The van der Waals surface area contributed by atoms with Gasteiger partial charge in [0.1, 0.15) is 6.33 Å². The first-order valence-corrected chi connectivity index (χ1v) is 11.4. The number of fused-ring (bicyclic) bond motifs is 1. The minimum atomic E-state index is 1.00. The van der Waals surface area contributed by atoms with Crippen LogP contribution in [0.3, 0.4) is 0 Å². The molecule has 0 atom stereocenters. The lowest BCUT2D eigenvalue weighted by Gasteiger charge is -2.17. The molecule has 0 fully saturated rings. The molecule has 0 saturated heterocycles. The van der Waals surface area contributed by atoms with Crippen LogP contribution in [-0.2, 0) is 13.1 Å². The van der Waals surface area contributed by atoms with Gasteiger partial charge in [-0.25, -0.2) is 9.97 Å². The number of aromatic nitrogens is 3. The number of rotatable bonds is 12. The summed E-state index contributed by atoms with van der Waals surface area (Å²) in [6, 6.07) is 6.81. The monoisotopic (exact) mass is 392 g/mol. The summed E-state index contributed by atoms with van der Waals surface area (Å²) < 4.78 is 2.47. The molecule has 0 aliphatic carbocycles. The smallest absolute Gasteiger partial charge is 0.115 e. The van der Waals surface area contributed by atoms with Crippen molar-refractivity contribution >= 4 is 10.9 Å². The first-order valence-electron chi connectivity index (χ1n) is 11.4. The van der Waals surface area contributed by atoms with Gasteiger partial charge in [0, 0.05) is 48.1 Å². The van der Waals surface area contributed by atoms with Gasteiger partial charge >= 0.3 is 0 Å². The number of hydrogen-bond acceptors (Lipinski definition) is 3. The molecule has 0 bridgehead atoms. The van der Waals surface area contributed by atoms with E-state index in [0.29, 0.717) is 0 Å².